The largest absolute Gasteiger partial charge is 0.508 e. The average molecular weight is 191 g/mol. The lowest BCUT2D eigenvalue weighted by Gasteiger charge is -2.04. The molecule has 0 unspecified atom stereocenters. The number of fused-ring (bicyclic) bond motifs is 1. The van der Waals surface area contributed by atoms with Crippen molar-refractivity contribution in [2.24, 2.45) is 0 Å². The number of aromatic nitrogens is 1. The summed E-state index contributed by atoms with van der Waals surface area (Å²) in [5.74, 6) is 0.259. The van der Waals surface area contributed by atoms with E-state index in [9.17, 15) is 5.11 Å². The van der Waals surface area contributed by atoms with Crippen molar-refractivity contribution in [1.82, 2.24) is 4.57 Å². The maximum atomic E-state index is 9.36. The maximum absolute atomic E-state index is 9.36. The second-order valence-electron chi connectivity index (χ2n) is 3.28. The molecule has 2 N–H and O–H groups in total. The molecule has 0 radical (unpaired) electrons. The van der Waals surface area contributed by atoms with Crippen LogP contribution in [0.1, 0.15) is 12.6 Å². The molecular weight excluding hydrogens is 178 g/mol. The number of aryl methyl sites for hydroxylation is 1. The number of phenols is 1. The molecule has 0 saturated carbocycles. The zero-order chi connectivity index (χ0) is 10.1. The highest BCUT2D eigenvalue weighted by molar-refractivity contribution is 5.82. The van der Waals surface area contributed by atoms with Gasteiger partial charge in [0, 0.05) is 23.7 Å². The number of rotatable bonds is 2. The molecule has 3 heteroatoms. The van der Waals surface area contributed by atoms with Gasteiger partial charge >= 0.3 is 0 Å². The quantitative estimate of drug-likeness (QED) is 0.761. The molecule has 2 aromatic rings. The van der Waals surface area contributed by atoms with Gasteiger partial charge in [-0.3, -0.25) is 0 Å². The van der Waals surface area contributed by atoms with Crippen LogP contribution in [0.25, 0.3) is 10.9 Å². The van der Waals surface area contributed by atoms with Crippen LogP contribution in [0.5, 0.6) is 5.75 Å². The molecule has 14 heavy (non-hydrogen) atoms. The van der Waals surface area contributed by atoms with Gasteiger partial charge in [-0.1, -0.05) is 0 Å². The molecule has 0 spiro atoms. The summed E-state index contributed by atoms with van der Waals surface area (Å²) in [6.07, 6.45) is 0. The number of hydrogen-bond acceptors (Lipinski definition) is 2. The van der Waals surface area contributed by atoms with Crippen LogP contribution in [0.3, 0.4) is 0 Å². The van der Waals surface area contributed by atoms with E-state index < -0.39 is 0 Å². The molecule has 0 fully saturated rings. The van der Waals surface area contributed by atoms with Gasteiger partial charge in [0.1, 0.15) is 5.75 Å². The molecule has 0 aliphatic rings. The predicted octanol–water partition coefficient (Wildman–Crippen LogP) is 1.86. The van der Waals surface area contributed by atoms with Crippen LogP contribution in [0.15, 0.2) is 24.3 Å². The minimum Gasteiger partial charge on any atom is -0.508 e. The Morgan fingerprint density at radius 1 is 1.29 bits per heavy atom. The number of benzene rings is 1. The Bertz CT molecular complexity index is 460. The Kier molecular flexibility index (Phi) is 2.17. The van der Waals surface area contributed by atoms with Crippen molar-refractivity contribution in [3.8, 4) is 5.75 Å². The van der Waals surface area contributed by atoms with E-state index in [2.05, 4.69) is 0 Å². The minimum absolute atomic E-state index is 0.0310. The molecule has 0 amide bonds. The Morgan fingerprint density at radius 3 is 2.71 bits per heavy atom. The average Bonchev–Trinajstić information content (AvgIpc) is 2.54. The first-order valence-electron chi connectivity index (χ1n) is 4.68. The van der Waals surface area contributed by atoms with Crippen molar-refractivity contribution in [2.75, 3.05) is 0 Å². The van der Waals surface area contributed by atoms with Crippen LogP contribution in [0, 0.1) is 0 Å². The Labute approximate surface area is 82.2 Å². The van der Waals surface area contributed by atoms with Crippen LogP contribution >= 0.6 is 0 Å². The first-order chi connectivity index (χ1) is 6.76. The highest BCUT2D eigenvalue weighted by atomic mass is 16.3. The maximum Gasteiger partial charge on any atom is 0.117 e. The lowest BCUT2D eigenvalue weighted by Crippen LogP contribution is -1.99. The highest BCUT2D eigenvalue weighted by Crippen LogP contribution is 2.23. The molecule has 74 valence electrons. The lowest BCUT2D eigenvalue weighted by atomic mass is 10.2. The molecule has 0 aliphatic carbocycles. The fourth-order valence-corrected chi connectivity index (χ4v) is 1.80. The standard InChI is InChI=1S/C11H13NO2/c1-2-12-9(7-13)5-8-3-4-10(14)6-11(8)12/h3-6,13-14H,2,7H2,1H3. The number of aliphatic hydroxyl groups is 1. The fraction of sp³-hybridized carbons (Fsp3) is 0.273. The molecule has 1 aromatic carbocycles. The summed E-state index contributed by atoms with van der Waals surface area (Å²) in [7, 11) is 0. The number of hydrogen-bond donors (Lipinski definition) is 2. The first kappa shape index (κ1) is 9.09. The number of aromatic hydroxyl groups is 1. The van der Waals surface area contributed by atoms with Gasteiger partial charge in [-0.25, -0.2) is 0 Å². The van der Waals surface area contributed by atoms with Gasteiger partial charge in [-0.2, -0.15) is 0 Å². The molecule has 2 rings (SSSR count). The second-order valence-corrected chi connectivity index (χ2v) is 3.28. The molecule has 0 aliphatic heterocycles. The van der Waals surface area contributed by atoms with Crippen LogP contribution in [-0.2, 0) is 13.2 Å². The summed E-state index contributed by atoms with van der Waals surface area (Å²) >= 11 is 0. The van der Waals surface area contributed by atoms with Gasteiger partial charge in [0.05, 0.1) is 12.1 Å². The molecular formula is C11H13NO2. The molecule has 0 atom stereocenters. The number of nitrogens with zero attached hydrogens (tertiary/aromatic N) is 1. The number of aliphatic hydroxyl groups excluding tert-OH is 1. The minimum atomic E-state index is 0.0310. The van der Waals surface area contributed by atoms with Crippen LogP contribution in [-0.4, -0.2) is 14.8 Å². The summed E-state index contributed by atoms with van der Waals surface area (Å²) in [5, 5.41) is 19.5. The van der Waals surface area contributed by atoms with Crippen molar-refractivity contribution in [3.63, 3.8) is 0 Å². The lowest BCUT2D eigenvalue weighted by molar-refractivity contribution is 0.272. The third kappa shape index (κ3) is 1.26. The van der Waals surface area contributed by atoms with Crippen molar-refractivity contribution < 1.29 is 10.2 Å². The van der Waals surface area contributed by atoms with Crippen molar-refractivity contribution >= 4 is 10.9 Å². The summed E-state index contributed by atoms with van der Waals surface area (Å²) < 4.78 is 2.00. The topological polar surface area (TPSA) is 45.4 Å². The molecule has 1 aromatic heterocycles. The molecule has 0 bridgehead atoms. The van der Waals surface area contributed by atoms with Gasteiger partial charge < -0.3 is 14.8 Å². The zero-order valence-corrected chi connectivity index (χ0v) is 8.07. The van der Waals surface area contributed by atoms with E-state index in [0.29, 0.717) is 0 Å². The van der Waals surface area contributed by atoms with Gasteiger partial charge in [0.15, 0.2) is 0 Å². The first-order valence-corrected chi connectivity index (χ1v) is 4.68. The molecule has 0 saturated heterocycles. The van der Waals surface area contributed by atoms with Gasteiger partial charge in [-0.15, -0.1) is 0 Å². The summed E-state index contributed by atoms with van der Waals surface area (Å²) in [6, 6.07) is 7.18. The van der Waals surface area contributed by atoms with E-state index in [4.69, 9.17) is 5.11 Å². The van der Waals surface area contributed by atoms with Crippen LogP contribution < -0.4 is 0 Å². The van der Waals surface area contributed by atoms with Gasteiger partial charge in [-0.05, 0) is 25.1 Å². The van der Waals surface area contributed by atoms with Crippen LogP contribution in [0.2, 0.25) is 0 Å². The van der Waals surface area contributed by atoms with Crippen molar-refractivity contribution in [1.29, 1.82) is 0 Å². The monoisotopic (exact) mass is 191 g/mol. The number of phenolic OH excluding ortho intramolecular Hbond substituents is 1. The van der Waals surface area contributed by atoms with E-state index in [-0.39, 0.29) is 12.4 Å². The van der Waals surface area contributed by atoms with Gasteiger partial charge in [0.2, 0.25) is 0 Å². The van der Waals surface area contributed by atoms with Crippen molar-refractivity contribution in [3.05, 3.63) is 30.0 Å². The van der Waals surface area contributed by atoms with E-state index in [1.807, 2.05) is 23.6 Å². The Balaban J connectivity index is 2.74. The normalized spacial score (nSPS) is 11.0. The SMILES string of the molecule is CCn1c(CO)cc2ccc(O)cc21. The van der Waals surface area contributed by atoms with E-state index >= 15 is 0 Å². The summed E-state index contributed by atoms with van der Waals surface area (Å²) in [6.45, 7) is 2.84. The highest BCUT2D eigenvalue weighted by Gasteiger charge is 2.06. The van der Waals surface area contributed by atoms with Crippen molar-refractivity contribution in [2.45, 2.75) is 20.1 Å². The Morgan fingerprint density at radius 2 is 2.07 bits per heavy atom. The third-order valence-corrected chi connectivity index (χ3v) is 2.45. The summed E-state index contributed by atoms with van der Waals surface area (Å²) in [4.78, 5) is 0. The van der Waals surface area contributed by atoms with Crippen LogP contribution in [0.4, 0.5) is 0 Å². The predicted molar refractivity (Wildman–Crippen MR) is 55.2 cm³/mol. The third-order valence-electron chi connectivity index (χ3n) is 2.45. The zero-order valence-electron chi connectivity index (χ0n) is 8.07. The van der Waals surface area contributed by atoms with E-state index in [0.717, 1.165) is 23.1 Å². The molecule has 1 heterocycles. The Hall–Kier alpha value is -1.48. The van der Waals surface area contributed by atoms with Gasteiger partial charge in [0.25, 0.3) is 0 Å². The smallest absolute Gasteiger partial charge is 0.117 e. The molecule has 3 nitrogen and oxygen atoms in total. The van der Waals surface area contributed by atoms with E-state index in [1.165, 1.54) is 0 Å². The van der Waals surface area contributed by atoms with E-state index in [1.54, 1.807) is 12.1 Å². The summed E-state index contributed by atoms with van der Waals surface area (Å²) in [5.41, 5.74) is 1.85. The fourth-order valence-electron chi connectivity index (χ4n) is 1.80. The second kappa shape index (κ2) is 3.35.